The Kier molecular flexibility index (Phi) is 3.14. The van der Waals surface area contributed by atoms with E-state index in [1.165, 1.54) is 0 Å². The molecule has 1 heterocycles. The first kappa shape index (κ1) is 13.0. The summed E-state index contributed by atoms with van der Waals surface area (Å²) in [5.41, 5.74) is 10.5. The van der Waals surface area contributed by atoms with Crippen LogP contribution in [0, 0.1) is 6.92 Å². The van der Waals surface area contributed by atoms with Gasteiger partial charge in [-0.15, -0.1) is 0 Å². The molecule has 0 aliphatic rings. The molecule has 0 spiro atoms. The van der Waals surface area contributed by atoms with Crippen LogP contribution in [0.2, 0.25) is 0 Å². The van der Waals surface area contributed by atoms with Crippen LogP contribution in [-0.4, -0.2) is 17.1 Å². The van der Waals surface area contributed by atoms with E-state index in [4.69, 9.17) is 10.5 Å². The molecule has 3 aromatic rings. The molecule has 0 amide bonds. The lowest BCUT2D eigenvalue weighted by atomic mass is 10.1. The summed E-state index contributed by atoms with van der Waals surface area (Å²) in [4.78, 5) is 7.91. The van der Waals surface area contributed by atoms with Crippen molar-refractivity contribution in [3.8, 4) is 17.1 Å². The molecule has 0 aliphatic carbocycles. The number of nitrogens with zero attached hydrogens (tertiary/aromatic N) is 1. The zero-order chi connectivity index (χ0) is 14.3. The van der Waals surface area contributed by atoms with Gasteiger partial charge in [-0.1, -0.05) is 12.1 Å². The van der Waals surface area contributed by atoms with Gasteiger partial charge in [-0.3, -0.25) is 0 Å². The fourth-order valence-electron chi connectivity index (χ4n) is 2.09. The Labute approximate surface area is 125 Å². The summed E-state index contributed by atoms with van der Waals surface area (Å²) in [6.45, 7) is 1.99. The normalized spacial score (nSPS) is 10.9. The lowest BCUT2D eigenvalue weighted by molar-refractivity contribution is 0.415. The van der Waals surface area contributed by atoms with Gasteiger partial charge >= 0.3 is 0 Å². The van der Waals surface area contributed by atoms with Crippen LogP contribution in [-0.2, 0) is 0 Å². The molecule has 0 fully saturated rings. The topological polar surface area (TPSA) is 63.9 Å². The molecule has 3 N–H and O–H groups in total. The second kappa shape index (κ2) is 4.83. The van der Waals surface area contributed by atoms with Crippen molar-refractivity contribution in [2.75, 3.05) is 12.8 Å². The summed E-state index contributed by atoms with van der Waals surface area (Å²) in [6.07, 6.45) is 0. The maximum absolute atomic E-state index is 5.96. The maximum Gasteiger partial charge on any atom is 0.138 e. The average molecular weight is 332 g/mol. The van der Waals surface area contributed by atoms with Gasteiger partial charge in [0.15, 0.2) is 0 Å². The van der Waals surface area contributed by atoms with Crippen LogP contribution >= 0.6 is 15.9 Å². The summed E-state index contributed by atoms with van der Waals surface area (Å²) in [5.74, 6) is 1.57. The molecule has 0 unspecified atom stereocenters. The van der Waals surface area contributed by atoms with E-state index in [0.717, 1.165) is 43.9 Å². The average Bonchev–Trinajstić information content (AvgIpc) is 2.86. The Morgan fingerprint density at radius 2 is 2.05 bits per heavy atom. The number of hydrogen-bond acceptors (Lipinski definition) is 3. The zero-order valence-electron chi connectivity index (χ0n) is 11.2. The van der Waals surface area contributed by atoms with E-state index < -0.39 is 0 Å². The fourth-order valence-corrected chi connectivity index (χ4v) is 2.62. The number of H-pyrrole nitrogens is 1. The van der Waals surface area contributed by atoms with Gasteiger partial charge in [0.1, 0.15) is 17.1 Å². The number of nitrogens with two attached hydrogens (primary N) is 1. The molecule has 0 atom stereocenters. The summed E-state index contributed by atoms with van der Waals surface area (Å²) in [6, 6.07) is 9.75. The molecule has 0 aliphatic heterocycles. The third-order valence-electron chi connectivity index (χ3n) is 3.30. The van der Waals surface area contributed by atoms with Gasteiger partial charge in [-0.05, 0) is 40.5 Å². The minimum absolute atomic E-state index is 0.764. The minimum atomic E-state index is 0.764. The predicted octanol–water partition coefficient (Wildman–Crippen LogP) is 3.89. The van der Waals surface area contributed by atoms with Gasteiger partial charge in [0, 0.05) is 21.8 Å². The molecule has 2 aromatic carbocycles. The Balaban J connectivity index is 2.17. The molecule has 20 heavy (non-hydrogen) atoms. The van der Waals surface area contributed by atoms with Crippen molar-refractivity contribution in [2.45, 2.75) is 6.92 Å². The lowest BCUT2D eigenvalue weighted by Crippen LogP contribution is -1.90. The lowest BCUT2D eigenvalue weighted by Gasteiger charge is -2.01. The van der Waals surface area contributed by atoms with E-state index in [9.17, 15) is 0 Å². The zero-order valence-corrected chi connectivity index (χ0v) is 12.8. The number of nitrogen functional groups attached to an aromatic ring is 1. The van der Waals surface area contributed by atoms with Crippen LogP contribution in [0.1, 0.15) is 5.56 Å². The standard InChI is InChI=1S/C15H14BrN3O/c1-8-3-4-9(5-12(8)17)15-18-13-7-10(20-2)6-11(16)14(13)19-15/h3-7H,17H2,1-2H3,(H,18,19). The monoisotopic (exact) mass is 331 g/mol. The summed E-state index contributed by atoms with van der Waals surface area (Å²) in [5, 5.41) is 0. The third kappa shape index (κ3) is 2.14. The molecule has 3 rings (SSSR count). The first-order valence-corrected chi connectivity index (χ1v) is 6.97. The quantitative estimate of drug-likeness (QED) is 0.700. The van der Waals surface area contributed by atoms with Gasteiger partial charge in [0.2, 0.25) is 0 Å². The van der Waals surface area contributed by atoms with Crippen LogP contribution in [0.25, 0.3) is 22.4 Å². The minimum Gasteiger partial charge on any atom is -0.497 e. The first-order valence-electron chi connectivity index (χ1n) is 6.18. The highest BCUT2D eigenvalue weighted by molar-refractivity contribution is 9.10. The van der Waals surface area contributed by atoms with Crippen molar-refractivity contribution in [1.82, 2.24) is 9.97 Å². The Bertz CT molecular complexity index is 795. The van der Waals surface area contributed by atoms with E-state index in [1.54, 1.807) is 7.11 Å². The molecule has 0 saturated heterocycles. The predicted molar refractivity (Wildman–Crippen MR) is 84.9 cm³/mol. The number of aryl methyl sites for hydroxylation is 1. The molecule has 102 valence electrons. The van der Waals surface area contributed by atoms with Crippen LogP contribution in [0.15, 0.2) is 34.8 Å². The van der Waals surface area contributed by atoms with Gasteiger partial charge < -0.3 is 15.5 Å². The number of hydrogen-bond donors (Lipinski definition) is 2. The molecule has 0 saturated carbocycles. The second-order valence-corrected chi connectivity index (χ2v) is 5.52. The van der Waals surface area contributed by atoms with Gasteiger partial charge in [-0.25, -0.2) is 4.98 Å². The summed E-state index contributed by atoms with van der Waals surface area (Å²) < 4.78 is 6.15. The largest absolute Gasteiger partial charge is 0.497 e. The SMILES string of the molecule is COc1cc(Br)c2nc(-c3ccc(C)c(N)c3)[nH]c2c1. The van der Waals surface area contributed by atoms with E-state index in [1.807, 2.05) is 37.3 Å². The number of rotatable bonds is 2. The van der Waals surface area contributed by atoms with Crippen molar-refractivity contribution >= 4 is 32.7 Å². The highest BCUT2D eigenvalue weighted by Crippen LogP contribution is 2.31. The number of methoxy groups -OCH3 is 1. The summed E-state index contributed by atoms with van der Waals surface area (Å²) >= 11 is 3.51. The molecule has 1 aromatic heterocycles. The van der Waals surface area contributed by atoms with Crippen LogP contribution in [0.3, 0.4) is 0 Å². The maximum atomic E-state index is 5.96. The van der Waals surface area contributed by atoms with Crippen LogP contribution < -0.4 is 10.5 Å². The molecule has 4 nitrogen and oxygen atoms in total. The fraction of sp³-hybridized carbons (Fsp3) is 0.133. The first-order chi connectivity index (χ1) is 9.58. The van der Waals surface area contributed by atoms with Crippen LogP contribution in [0.5, 0.6) is 5.75 Å². The number of benzene rings is 2. The number of nitrogens with one attached hydrogen (secondary N) is 1. The third-order valence-corrected chi connectivity index (χ3v) is 3.91. The van der Waals surface area contributed by atoms with Crippen molar-refractivity contribution in [2.24, 2.45) is 0 Å². The highest BCUT2D eigenvalue weighted by Gasteiger charge is 2.10. The molecule has 0 radical (unpaired) electrons. The number of ether oxygens (including phenoxy) is 1. The number of imidazole rings is 1. The van der Waals surface area contributed by atoms with Crippen molar-refractivity contribution in [1.29, 1.82) is 0 Å². The number of aromatic nitrogens is 2. The van der Waals surface area contributed by atoms with Crippen molar-refractivity contribution in [3.05, 3.63) is 40.4 Å². The van der Waals surface area contributed by atoms with Crippen molar-refractivity contribution in [3.63, 3.8) is 0 Å². The second-order valence-electron chi connectivity index (χ2n) is 4.66. The molecule has 5 heteroatoms. The van der Waals surface area contributed by atoms with Crippen LogP contribution in [0.4, 0.5) is 5.69 Å². The Morgan fingerprint density at radius 1 is 1.25 bits per heavy atom. The number of anilines is 1. The van der Waals surface area contributed by atoms with Gasteiger partial charge in [0.05, 0.1) is 12.6 Å². The molecular weight excluding hydrogens is 318 g/mol. The smallest absolute Gasteiger partial charge is 0.138 e. The van der Waals surface area contributed by atoms with E-state index in [2.05, 4.69) is 25.9 Å². The van der Waals surface area contributed by atoms with Gasteiger partial charge in [-0.2, -0.15) is 0 Å². The molecular formula is C15H14BrN3O. The van der Waals surface area contributed by atoms with E-state index in [0.29, 0.717) is 0 Å². The summed E-state index contributed by atoms with van der Waals surface area (Å²) in [7, 11) is 1.64. The van der Waals surface area contributed by atoms with Crippen molar-refractivity contribution < 1.29 is 4.74 Å². The van der Waals surface area contributed by atoms with E-state index >= 15 is 0 Å². The molecule has 0 bridgehead atoms. The number of fused-ring (bicyclic) bond motifs is 1. The van der Waals surface area contributed by atoms with E-state index in [-0.39, 0.29) is 0 Å². The Hall–Kier alpha value is -2.01. The number of aromatic amines is 1. The number of halogens is 1. The van der Waals surface area contributed by atoms with Gasteiger partial charge in [0.25, 0.3) is 0 Å². The Morgan fingerprint density at radius 3 is 2.75 bits per heavy atom. The highest BCUT2D eigenvalue weighted by atomic mass is 79.9.